The number of amides is 2. The third-order valence-electron chi connectivity index (χ3n) is 10.2. The van der Waals surface area contributed by atoms with Crippen molar-refractivity contribution in [2.75, 3.05) is 18.5 Å². The molecule has 4 aromatic carbocycles. The molecule has 0 bridgehead atoms. The fourth-order valence-electron chi connectivity index (χ4n) is 6.36. The molecule has 1 fully saturated rings. The number of para-hydroxylation sites is 1. The largest absolute Gasteiger partial charge is 0.489 e. The Morgan fingerprint density at radius 3 is 2.32 bits per heavy atom. The first-order valence-electron chi connectivity index (χ1n) is 18.1. The predicted molar refractivity (Wildman–Crippen MR) is 215 cm³/mol. The Labute approximate surface area is 322 Å². The Balaban J connectivity index is 1.62. The van der Waals surface area contributed by atoms with Gasteiger partial charge in [0.15, 0.2) is 8.32 Å². The second kappa shape index (κ2) is 17.7. The van der Waals surface area contributed by atoms with Crippen LogP contribution in [-0.4, -0.2) is 44.5 Å². The number of carbonyl (C=O) groups is 2. The van der Waals surface area contributed by atoms with Crippen LogP contribution in [0.2, 0.25) is 18.1 Å². The van der Waals surface area contributed by atoms with E-state index in [-0.39, 0.29) is 30.0 Å². The van der Waals surface area contributed by atoms with Gasteiger partial charge in [-0.15, -0.1) is 0 Å². The van der Waals surface area contributed by atoms with Crippen molar-refractivity contribution in [2.24, 2.45) is 5.92 Å². The zero-order chi connectivity index (χ0) is 38.2. The van der Waals surface area contributed by atoms with Crippen LogP contribution >= 0.6 is 15.9 Å². The minimum atomic E-state index is -2.35. The van der Waals surface area contributed by atoms with Gasteiger partial charge in [-0.25, -0.2) is 14.1 Å². The summed E-state index contributed by atoms with van der Waals surface area (Å²) >= 11 is 3.59. The van der Waals surface area contributed by atoms with Crippen LogP contribution in [0.25, 0.3) is 0 Å². The molecule has 1 aliphatic heterocycles. The lowest BCUT2D eigenvalue weighted by atomic mass is 9.85. The fraction of sp³-hybridized carbons (Fsp3) is 0.349. The number of halogens is 2. The number of rotatable bonds is 16. The molecule has 7 nitrogen and oxygen atoms in total. The van der Waals surface area contributed by atoms with Crippen LogP contribution in [0.1, 0.15) is 62.4 Å². The van der Waals surface area contributed by atoms with E-state index < -0.39 is 38.5 Å². The summed E-state index contributed by atoms with van der Waals surface area (Å²) in [6, 6.07) is 30.5. The van der Waals surface area contributed by atoms with Crippen molar-refractivity contribution in [3.05, 3.63) is 143 Å². The van der Waals surface area contributed by atoms with Gasteiger partial charge in [-0.3, -0.25) is 4.79 Å². The Morgan fingerprint density at radius 2 is 1.68 bits per heavy atom. The molecular weight excluding hydrogens is 751 g/mol. The summed E-state index contributed by atoms with van der Waals surface area (Å²) in [7, 11) is -2.35. The smallest absolute Gasteiger partial charge is 0.416 e. The maximum absolute atomic E-state index is 15.2. The Kier molecular flexibility index (Phi) is 13.4. The number of carbonyl (C=O) groups excluding carboxylic acids is 2. The molecule has 0 spiro atoms. The first-order valence-corrected chi connectivity index (χ1v) is 21.8. The van der Waals surface area contributed by atoms with Gasteiger partial charge in [0.25, 0.3) is 0 Å². The van der Waals surface area contributed by atoms with Crippen molar-refractivity contribution in [3.63, 3.8) is 0 Å². The molecule has 4 aromatic rings. The predicted octanol–water partition coefficient (Wildman–Crippen LogP) is 11.1. The Hall–Kier alpha value is -4.25. The summed E-state index contributed by atoms with van der Waals surface area (Å²) in [6.07, 6.45) is 1.78. The van der Waals surface area contributed by atoms with Gasteiger partial charge in [0.1, 0.15) is 24.8 Å². The summed E-state index contributed by atoms with van der Waals surface area (Å²) in [5, 5.41) is 3.56. The van der Waals surface area contributed by atoms with E-state index in [2.05, 4.69) is 61.7 Å². The van der Waals surface area contributed by atoms with E-state index in [1.54, 1.807) is 18.2 Å². The summed E-state index contributed by atoms with van der Waals surface area (Å²) in [5.41, 5.74) is 3.37. The van der Waals surface area contributed by atoms with Crippen molar-refractivity contribution in [1.29, 1.82) is 0 Å². The molecule has 53 heavy (non-hydrogen) atoms. The summed E-state index contributed by atoms with van der Waals surface area (Å²) in [6.45, 7) is 15.1. The topological polar surface area (TPSA) is 77.1 Å². The zero-order valence-corrected chi connectivity index (χ0v) is 33.8. The van der Waals surface area contributed by atoms with E-state index in [1.807, 2.05) is 78.9 Å². The number of cyclic esters (lactones) is 1. The minimum Gasteiger partial charge on any atom is -0.489 e. The third kappa shape index (κ3) is 10.2. The van der Waals surface area contributed by atoms with Gasteiger partial charge < -0.3 is 19.2 Å². The molecule has 0 unspecified atom stereocenters. The summed E-state index contributed by atoms with van der Waals surface area (Å²) in [4.78, 5) is 30.1. The van der Waals surface area contributed by atoms with Crippen molar-refractivity contribution < 1.29 is 27.9 Å². The molecule has 10 heteroatoms. The maximum Gasteiger partial charge on any atom is 0.416 e. The SMILES string of the molecule is C=CCOc1cc(Br)ccc1[C@@H](Nc1ccccc1)[C@@H](CC[C@H](O[Si](C)(C)C(C)(C)C)c1ccc(F)cc1)C(=O)N1C(=O)OC[C@@H]1Cc1ccccc1. The highest BCUT2D eigenvalue weighted by Gasteiger charge is 2.45. The number of ether oxygens (including phenoxy) is 2. The number of benzene rings is 4. The van der Waals surface area contributed by atoms with E-state index in [1.165, 1.54) is 17.0 Å². The monoisotopic (exact) mass is 800 g/mol. The number of nitrogens with one attached hydrogen (secondary N) is 1. The average molecular weight is 802 g/mol. The molecule has 5 rings (SSSR count). The molecule has 1 heterocycles. The molecule has 4 atom stereocenters. The van der Waals surface area contributed by atoms with Crippen LogP contribution in [0.3, 0.4) is 0 Å². The van der Waals surface area contributed by atoms with Gasteiger partial charge in [-0.05, 0) is 84.9 Å². The van der Waals surface area contributed by atoms with Crippen molar-refractivity contribution in [2.45, 2.75) is 76.4 Å². The lowest BCUT2D eigenvalue weighted by Crippen LogP contribution is -2.46. The average Bonchev–Trinajstić information content (AvgIpc) is 3.49. The third-order valence-corrected chi connectivity index (χ3v) is 15.2. The lowest BCUT2D eigenvalue weighted by molar-refractivity contribution is -0.134. The second-order valence-electron chi connectivity index (χ2n) is 15.0. The summed E-state index contributed by atoms with van der Waals surface area (Å²) in [5.74, 6) is -0.913. The highest BCUT2D eigenvalue weighted by Crippen LogP contribution is 2.44. The Bertz CT molecular complexity index is 1840. The molecular formula is C43H50BrFN2O5Si. The van der Waals surface area contributed by atoms with Gasteiger partial charge in [0.05, 0.1) is 24.1 Å². The van der Waals surface area contributed by atoms with Gasteiger partial charge in [0, 0.05) is 15.7 Å². The standard InChI is InChI=1S/C43H50BrFN2O5Si/c1-7-26-50-39-28-32(44)20-23-36(39)40(46-34-16-12-9-13-17-34)37(41(48)47-35(29-51-42(47)49)27-30-14-10-8-11-15-30)24-25-38(31-18-21-33(45)22-19-31)52-53(5,6)43(2,3)4/h7-23,28,35,37-38,40,46H,1,24-27,29H2,2-6H3/t35-,37+,38-,40+/m0/s1. The number of anilines is 1. The molecule has 1 saturated heterocycles. The van der Waals surface area contributed by atoms with Crippen LogP contribution in [0.5, 0.6) is 5.75 Å². The highest BCUT2D eigenvalue weighted by molar-refractivity contribution is 9.10. The second-order valence-corrected chi connectivity index (χ2v) is 20.7. The molecule has 280 valence electrons. The quantitative estimate of drug-likeness (QED) is 0.0898. The molecule has 0 aromatic heterocycles. The van der Waals surface area contributed by atoms with Crippen LogP contribution in [0.4, 0.5) is 14.9 Å². The first kappa shape index (κ1) is 39.9. The van der Waals surface area contributed by atoms with Gasteiger partial charge >= 0.3 is 6.09 Å². The zero-order valence-electron chi connectivity index (χ0n) is 31.2. The minimum absolute atomic E-state index is 0.0988. The first-order chi connectivity index (χ1) is 25.3. The van der Waals surface area contributed by atoms with Gasteiger partial charge in [-0.1, -0.05) is 116 Å². The normalized spacial score (nSPS) is 16.4. The number of hydrogen-bond donors (Lipinski definition) is 1. The van der Waals surface area contributed by atoms with Crippen molar-refractivity contribution in [3.8, 4) is 5.75 Å². The fourth-order valence-corrected chi connectivity index (χ4v) is 8.02. The van der Waals surface area contributed by atoms with Crippen molar-refractivity contribution >= 4 is 41.9 Å². The van der Waals surface area contributed by atoms with E-state index in [9.17, 15) is 9.18 Å². The Morgan fingerprint density at radius 1 is 1.02 bits per heavy atom. The van der Waals surface area contributed by atoms with Crippen LogP contribution in [0, 0.1) is 11.7 Å². The lowest BCUT2D eigenvalue weighted by Gasteiger charge is -2.40. The highest BCUT2D eigenvalue weighted by atomic mass is 79.9. The van der Waals surface area contributed by atoms with E-state index in [0.717, 1.165) is 26.9 Å². The molecule has 0 radical (unpaired) electrons. The van der Waals surface area contributed by atoms with Crippen LogP contribution in [-0.2, 0) is 20.4 Å². The van der Waals surface area contributed by atoms with E-state index >= 15 is 4.79 Å². The molecule has 1 aliphatic rings. The van der Waals surface area contributed by atoms with Gasteiger partial charge in [-0.2, -0.15) is 0 Å². The number of nitrogens with zero attached hydrogens (tertiary/aromatic N) is 1. The number of hydrogen-bond acceptors (Lipinski definition) is 6. The van der Waals surface area contributed by atoms with E-state index in [0.29, 0.717) is 25.0 Å². The van der Waals surface area contributed by atoms with Crippen molar-refractivity contribution in [1.82, 2.24) is 4.90 Å². The number of imide groups is 1. The summed E-state index contributed by atoms with van der Waals surface area (Å²) < 4.78 is 33.8. The van der Waals surface area contributed by atoms with E-state index in [4.69, 9.17) is 13.9 Å². The molecule has 2 amide bonds. The van der Waals surface area contributed by atoms with Crippen LogP contribution < -0.4 is 10.1 Å². The maximum atomic E-state index is 15.2. The van der Waals surface area contributed by atoms with Crippen LogP contribution in [0.15, 0.2) is 120 Å². The molecule has 0 aliphatic carbocycles. The van der Waals surface area contributed by atoms with Gasteiger partial charge in [0.2, 0.25) is 5.91 Å². The molecule has 0 saturated carbocycles. The molecule has 1 N–H and O–H groups in total.